The van der Waals surface area contributed by atoms with Crippen LogP contribution >= 0.6 is 0 Å². The molecule has 1 rings (SSSR count). The number of carbonyl (C=O) groups excluding carboxylic acids is 1. The monoisotopic (exact) mass is 181 g/mol. The minimum Gasteiger partial charge on any atom is -0.453 e. The van der Waals surface area contributed by atoms with E-state index in [1.54, 1.807) is 0 Å². The zero-order chi connectivity index (χ0) is 11.0. The topological polar surface area (TPSA) is 38.3 Å². The van der Waals surface area contributed by atoms with Gasteiger partial charge < -0.3 is 10.1 Å². The molecule has 1 fully saturated rings. The molecule has 0 aromatic heterocycles. The number of hydrogen-bond acceptors (Lipinski definition) is 2. The molecule has 1 aliphatic rings. The van der Waals surface area contributed by atoms with Gasteiger partial charge in [0.15, 0.2) is 0 Å². The van der Waals surface area contributed by atoms with Gasteiger partial charge in [-0.25, -0.2) is 13.6 Å². The number of methoxy groups -OCH3 is 1. The van der Waals surface area contributed by atoms with Crippen LogP contribution in [-0.4, -0.2) is 24.6 Å². The van der Waals surface area contributed by atoms with Gasteiger partial charge >= 0.3 is 6.09 Å². The first-order chi connectivity index (χ1) is 6.22. The van der Waals surface area contributed by atoms with E-state index in [-0.39, 0.29) is 0 Å². The maximum Gasteiger partial charge on any atom is 0.407 e. The molecule has 0 radical (unpaired) electrons. The Kier molecular flexibility index (Phi) is 1.42. The fourth-order valence-corrected chi connectivity index (χ4v) is 1.45. The average Bonchev–Trinajstić information content (AvgIpc) is 1.76. The van der Waals surface area contributed by atoms with E-state index in [9.17, 15) is 13.6 Å². The van der Waals surface area contributed by atoms with Gasteiger partial charge in [-0.2, -0.15) is 0 Å². The van der Waals surface area contributed by atoms with Crippen molar-refractivity contribution in [3.8, 4) is 0 Å². The van der Waals surface area contributed by atoms with E-state index < -0.39 is 37.5 Å². The zero-order valence-electron chi connectivity index (χ0n) is 8.56. The van der Waals surface area contributed by atoms with Gasteiger partial charge in [0.05, 0.1) is 15.3 Å². The Balaban J connectivity index is 2.35. The molecule has 0 aromatic rings. The minimum absolute atomic E-state index is 0.435. The molecule has 5 heteroatoms. The second-order valence-corrected chi connectivity index (χ2v) is 3.30. The second kappa shape index (κ2) is 2.57. The van der Waals surface area contributed by atoms with Crippen LogP contribution in [0.4, 0.5) is 13.6 Å². The largest absolute Gasteiger partial charge is 0.453 e. The van der Waals surface area contributed by atoms with Crippen molar-refractivity contribution in [3.05, 3.63) is 0 Å². The molecule has 0 atom stereocenters. The van der Waals surface area contributed by atoms with E-state index in [1.165, 1.54) is 6.92 Å². The van der Waals surface area contributed by atoms with Crippen LogP contribution < -0.4 is 5.32 Å². The van der Waals surface area contributed by atoms with Crippen molar-refractivity contribution >= 4 is 6.09 Å². The van der Waals surface area contributed by atoms with Crippen molar-refractivity contribution in [2.45, 2.75) is 31.2 Å². The highest BCUT2D eigenvalue weighted by Gasteiger charge is 2.54. The van der Waals surface area contributed by atoms with E-state index >= 15 is 0 Å². The Hall–Kier alpha value is -0.870. The lowest BCUT2D eigenvalue weighted by Crippen LogP contribution is -2.60. The summed E-state index contributed by atoms with van der Waals surface area (Å²) in [5, 5.41) is 2.20. The van der Waals surface area contributed by atoms with E-state index in [2.05, 4.69) is 10.1 Å². The number of halogens is 2. The van der Waals surface area contributed by atoms with Crippen LogP contribution in [0.15, 0.2) is 0 Å². The Bertz CT molecular complexity index is 240. The van der Waals surface area contributed by atoms with E-state index in [0.29, 0.717) is 0 Å². The highest BCUT2D eigenvalue weighted by molar-refractivity contribution is 5.68. The molecular formula is C7H11F2NO2. The molecular weight excluding hydrogens is 168 g/mol. The van der Waals surface area contributed by atoms with Crippen LogP contribution in [0.3, 0.4) is 0 Å². The number of carbonyl (C=O) groups is 1. The van der Waals surface area contributed by atoms with E-state index in [1.807, 2.05) is 0 Å². The number of amides is 1. The van der Waals surface area contributed by atoms with Gasteiger partial charge in [-0.05, 0) is 6.92 Å². The minimum atomic E-state index is -2.73. The van der Waals surface area contributed by atoms with Crippen molar-refractivity contribution < 1.29 is 21.1 Å². The first-order valence-electron chi connectivity index (χ1n) is 4.59. The molecule has 0 aromatic carbocycles. The van der Waals surface area contributed by atoms with Gasteiger partial charge in [-0.1, -0.05) is 0 Å². The molecule has 1 saturated carbocycles. The summed E-state index contributed by atoms with van der Waals surface area (Å²) < 4.78 is 42.3. The summed E-state index contributed by atoms with van der Waals surface area (Å²) in [4.78, 5) is 10.9. The van der Waals surface area contributed by atoms with Crippen LogP contribution in [0.5, 0.6) is 0 Å². The third-order valence-corrected chi connectivity index (χ3v) is 1.81. The van der Waals surface area contributed by atoms with E-state index in [0.717, 1.165) is 0 Å². The SMILES string of the molecule is [2H]C([2H])OC(=O)NC1(C)CC(F)(F)C1. The number of hydrogen-bond donors (Lipinski definition) is 1. The van der Waals surface area contributed by atoms with Crippen LogP contribution in [0, 0.1) is 0 Å². The summed E-state index contributed by atoms with van der Waals surface area (Å²) in [5.74, 6) is -2.73. The summed E-state index contributed by atoms with van der Waals surface area (Å²) in [6.45, 7) is 1.47. The first kappa shape index (κ1) is 6.62. The predicted octanol–water partition coefficient (Wildman–Crippen LogP) is 1.53. The molecule has 0 spiro atoms. The molecule has 1 aliphatic carbocycles. The van der Waals surface area contributed by atoms with Gasteiger partial charge in [0, 0.05) is 12.8 Å². The molecule has 0 saturated heterocycles. The summed E-state index contributed by atoms with van der Waals surface area (Å²) >= 11 is 0. The number of rotatable bonds is 1. The number of alkyl halides is 2. The van der Waals surface area contributed by atoms with Gasteiger partial charge in [0.1, 0.15) is 0 Å². The summed E-state index contributed by atoms with van der Waals surface area (Å²) in [5.41, 5.74) is -0.977. The van der Waals surface area contributed by atoms with Crippen molar-refractivity contribution in [1.29, 1.82) is 0 Å². The predicted molar refractivity (Wildman–Crippen MR) is 38.1 cm³/mol. The lowest BCUT2D eigenvalue weighted by Gasteiger charge is -2.44. The average molecular weight is 181 g/mol. The van der Waals surface area contributed by atoms with Crippen LogP contribution in [0.25, 0.3) is 0 Å². The third-order valence-electron chi connectivity index (χ3n) is 1.81. The van der Waals surface area contributed by atoms with Crippen molar-refractivity contribution in [2.75, 3.05) is 7.06 Å². The molecule has 1 amide bonds. The maximum atomic E-state index is 12.5. The highest BCUT2D eigenvalue weighted by Crippen LogP contribution is 2.45. The van der Waals surface area contributed by atoms with Crippen molar-refractivity contribution in [1.82, 2.24) is 5.32 Å². The Labute approximate surface area is 71.9 Å². The maximum absolute atomic E-state index is 12.5. The Morgan fingerprint density at radius 1 is 1.67 bits per heavy atom. The van der Waals surface area contributed by atoms with Gasteiger partial charge in [0.2, 0.25) is 0 Å². The van der Waals surface area contributed by atoms with E-state index in [4.69, 9.17) is 2.74 Å². The molecule has 3 nitrogen and oxygen atoms in total. The molecule has 1 N–H and O–H groups in total. The molecule has 70 valence electrons. The summed E-state index contributed by atoms with van der Waals surface area (Å²) in [6, 6.07) is 0. The smallest absolute Gasteiger partial charge is 0.407 e. The van der Waals surface area contributed by atoms with Crippen molar-refractivity contribution in [2.24, 2.45) is 0 Å². The first-order valence-corrected chi connectivity index (χ1v) is 3.44. The fraction of sp³-hybridized carbons (Fsp3) is 0.857. The lowest BCUT2D eigenvalue weighted by molar-refractivity contribution is -0.125. The highest BCUT2D eigenvalue weighted by atomic mass is 19.3. The van der Waals surface area contributed by atoms with Gasteiger partial charge in [0.25, 0.3) is 5.92 Å². The van der Waals surface area contributed by atoms with Crippen LogP contribution in [-0.2, 0) is 4.74 Å². The zero-order valence-corrected chi connectivity index (χ0v) is 6.56. The normalized spacial score (nSPS) is 26.7. The van der Waals surface area contributed by atoms with Crippen LogP contribution in [0.2, 0.25) is 0 Å². The standard InChI is InChI=1S/C7H11F2NO2/c1-6(10-5(11)12-2)3-7(8,9)4-6/h3-4H2,1-2H3,(H,10,11)/i2D2. The number of nitrogens with one attached hydrogen (secondary N) is 1. The fourth-order valence-electron chi connectivity index (χ4n) is 1.45. The molecule has 12 heavy (non-hydrogen) atoms. The second-order valence-electron chi connectivity index (χ2n) is 3.30. The molecule has 0 aliphatic heterocycles. The van der Waals surface area contributed by atoms with Crippen LogP contribution in [0.1, 0.15) is 22.5 Å². The van der Waals surface area contributed by atoms with Crippen molar-refractivity contribution in [3.63, 3.8) is 0 Å². The summed E-state index contributed by atoms with van der Waals surface area (Å²) in [6.07, 6.45) is -1.87. The Morgan fingerprint density at radius 2 is 2.25 bits per heavy atom. The molecule has 0 unspecified atom stereocenters. The third kappa shape index (κ3) is 1.84. The lowest BCUT2D eigenvalue weighted by atomic mass is 9.75. The quantitative estimate of drug-likeness (QED) is 0.666. The number of alkyl carbamates (subject to hydrolysis) is 1. The molecule has 0 bridgehead atoms. The number of ether oxygens (including phenoxy) is 1. The summed E-state index contributed by atoms with van der Waals surface area (Å²) in [7, 11) is -1.74. The van der Waals surface area contributed by atoms with Gasteiger partial charge in [-0.15, -0.1) is 0 Å². The Morgan fingerprint density at radius 3 is 2.67 bits per heavy atom. The van der Waals surface area contributed by atoms with Gasteiger partial charge in [-0.3, -0.25) is 0 Å². The molecule has 0 heterocycles.